The summed E-state index contributed by atoms with van der Waals surface area (Å²) in [6, 6.07) is 1.95. The van der Waals surface area contributed by atoms with Crippen molar-refractivity contribution in [3.63, 3.8) is 0 Å². The fourth-order valence-corrected chi connectivity index (χ4v) is 4.89. The molecule has 1 aliphatic carbocycles. The highest BCUT2D eigenvalue weighted by atomic mass is 79.9. The van der Waals surface area contributed by atoms with E-state index >= 15 is 0 Å². The predicted octanol–water partition coefficient (Wildman–Crippen LogP) is 4.82. The average molecular weight is 343 g/mol. The van der Waals surface area contributed by atoms with Crippen molar-refractivity contribution in [2.45, 2.75) is 50.5 Å². The van der Waals surface area contributed by atoms with Crippen LogP contribution in [0.4, 0.5) is 0 Å². The lowest BCUT2D eigenvalue weighted by molar-refractivity contribution is -0.111. The van der Waals surface area contributed by atoms with Gasteiger partial charge in [0, 0.05) is 22.4 Å². The molecular formula is C15H19BrO2S. The number of hydrogen-bond acceptors (Lipinski definition) is 3. The van der Waals surface area contributed by atoms with Crippen molar-refractivity contribution in [2.75, 3.05) is 6.61 Å². The second kappa shape index (κ2) is 5.66. The van der Waals surface area contributed by atoms with Gasteiger partial charge in [0.1, 0.15) is 0 Å². The third-order valence-electron chi connectivity index (χ3n) is 4.44. The Labute approximate surface area is 126 Å². The van der Waals surface area contributed by atoms with E-state index in [2.05, 4.69) is 15.9 Å². The molecule has 1 atom stereocenters. The quantitative estimate of drug-likeness (QED) is 0.720. The number of Topliss-reactive ketones (excluding diaryl/α,β-unsaturated/α-hetero) is 1. The van der Waals surface area contributed by atoms with Gasteiger partial charge in [0.2, 0.25) is 0 Å². The van der Waals surface area contributed by atoms with E-state index in [-0.39, 0.29) is 11.5 Å². The van der Waals surface area contributed by atoms with Crippen molar-refractivity contribution in [3.8, 4) is 0 Å². The third kappa shape index (κ3) is 2.96. The Morgan fingerprint density at radius 1 is 1.37 bits per heavy atom. The molecule has 1 spiro atoms. The Kier molecular flexibility index (Phi) is 4.11. The van der Waals surface area contributed by atoms with Crippen LogP contribution in [0.25, 0.3) is 0 Å². The maximum atomic E-state index is 12.6. The molecule has 2 heterocycles. The summed E-state index contributed by atoms with van der Waals surface area (Å²) in [7, 11) is 0. The van der Waals surface area contributed by atoms with Crippen LogP contribution < -0.4 is 0 Å². The number of rotatable bonds is 2. The zero-order chi connectivity index (χ0) is 13.3. The van der Waals surface area contributed by atoms with Crippen LogP contribution in [0.1, 0.15) is 54.6 Å². The number of ketones is 1. The van der Waals surface area contributed by atoms with Crippen LogP contribution in [0.3, 0.4) is 0 Å². The molecule has 0 radical (unpaired) electrons. The maximum Gasteiger partial charge on any atom is 0.176 e. The Bertz CT molecular complexity index is 457. The lowest BCUT2D eigenvalue weighted by atomic mass is 9.75. The zero-order valence-electron chi connectivity index (χ0n) is 11.0. The number of ether oxygens (including phenoxy) is 1. The molecule has 2 fully saturated rings. The smallest absolute Gasteiger partial charge is 0.176 e. The Morgan fingerprint density at radius 3 is 2.84 bits per heavy atom. The van der Waals surface area contributed by atoms with Crippen molar-refractivity contribution in [1.82, 2.24) is 0 Å². The number of hydrogen-bond donors (Lipinski definition) is 0. The normalized spacial score (nSPS) is 26.5. The number of thiophene rings is 1. The number of carbonyl (C=O) groups excluding carboxylic acids is 1. The van der Waals surface area contributed by atoms with Crippen molar-refractivity contribution < 1.29 is 9.53 Å². The van der Waals surface area contributed by atoms with E-state index in [1.165, 1.54) is 19.3 Å². The number of halogens is 1. The van der Waals surface area contributed by atoms with Crippen LogP contribution in [0.15, 0.2) is 15.9 Å². The van der Waals surface area contributed by atoms with Crippen LogP contribution in [0.5, 0.6) is 0 Å². The molecule has 1 aromatic heterocycles. The molecule has 1 saturated carbocycles. The molecule has 2 aliphatic rings. The summed E-state index contributed by atoms with van der Waals surface area (Å²) in [5, 5.41) is 1.99. The van der Waals surface area contributed by atoms with Crippen LogP contribution in [-0.2, 0) is 4.74 Å². The minimum Gasteiger partial charge on any atom is -0.375 e. The van der Waals surface area contributed by atoms with E-state index in [9.17, 15) is 4.79 Å². The fourth-order valence-electron chi connectivity index (χ4n) is 3.44. The van der Waals surface area contributed by atoms with Gasteiger partial charge in [-0.15, -0.1) is 11.3 Å². The second-order valence-corrected chi connectivity index (χ2v) is 7.60. The van der Waals surface area contributed by atoms with Gasteiger partial charge in [-0.1, -0.05) is 19.3 Å². The summed E-state index contributed by atoms with van der Waals surface area (Å²) >= 11 is 4.98. The molecule has 19 heavy (non-hydrogen) atoms. The van der Waals surface area contributed by atoms with Gasteiger partial charge >= 0.3 is 0 Å². The molecule has 1 aliphatic heterocycles. The van der Waals surface area contributed by atoms with Crippen molar-refractivity contribution in [3.05, 3.63) is 20.8 Å². The highest BCUT2D eigenvalue weighted by Gasteiger charge is 2.40. The summed E-state index contributed by atoms with van der Waals surface area (Å²) < 4.78 is 7.08. The van der Waals surface area contributed by atoms with Gasteiger partial charge in [-0.05, 0) is 47.7 Å². The van der Waals surface area contributed by atoms with Crippen LogP contribution in [0.2, 0.25) is 0 Å². The molecule has 1 unspecified atom stereocenters. The van der Waals surface area contributed by atoms with Crippen LogP contribution >= 0.6 is 27.3 Å². The first-order valence-electron chi connectivity index (χ1n) is 7.11. The first-order valence-corrected chi connectivity index (χ1v) is 8.78. The summed E-state index contributed by atoms with van der Waals surface area (Å²) in [4.78, 5) is 13.5. The van der Waals surface area contributed by atoms with Crippen LogP contribution in [-0.4, -0.2) is 18.0 Å². The molecule has 0 N–H and O–H groups in total. The lowest BCUT2D eigenvalue weighted by Crippen LogP contribution is -2.43. The second-order valence-electron chi connectivity index (χ2n) is 5.78. The van der Waals surface area contributed by atoms with Gasteiger partial charge < -0.3 is 4.74 Å². The highest BCUT2D eigenvalue weighted by Crippen LogP contribution is 2.41. The largest absolute Gasteiger partial charge is 0.375 e. The van der Waals surface area contributed by atoms with E-state index in [1.807, 2.05) is 11.4 Å². The van der Waals surface area contributed by atoms with Crippen molar-refractivity contribution in [1.29, 1.82) is 0 Å². The summed E-state index contributed by atoms with van der Waals surface area (Å²) in [5.74, 6) is 0.487. The molecule has 2 nitrogen and oxygen atoms in total. The molecule has 3 rings (SSSR count). The van der Waals surface area contributed by atoms with Gasteiger partial charge in [-0.3, -0.25) is 4.79 Å². The molecule has 104 valence electrons. The van der Waals surface area contributed by atoms with Crippen LogP contribution in [0, 0.1) is 5.92 Å². The maximum absolute atomic E-state index is 12.6. The van der Waals surface area contributed by atoms with Gasteiger partial charge in [0.05, 0.1) is 10.5 Å². The molecule has 0 amide bonds. The average Bonchev–Trinajstić information content (AvgIpc) is 2.85. The highest BCUT2D eigenvalue weighted by molar-refractivity contribution is 9.10. The minimum atomic E-state index is 0.0192. The standard InChI is InChI=1S/C15H19BrO2S/c16-12-8-13(19-10-12)14(17)11-4-7-18-15(9-11)5-2-1-3-6-15/h8,10-11H,1-7,9H2. The Balaban J connectivity index is 1.72. The van der Waals surface area contributed by atoms with Gasteiger partial charge in [-0.25, -0.2) is 0 Å². The van der Waals surface area contributed by atoms with E-state index in [0.717, 1.165) is 41.6 Å². The zero-order valence-corrected chi connectivity index (χ0v) is 13.4. The van der Waals surface area contributed by atoms with Gasteiger partial charge in [0.15, 0.2) is 5.78 Å². The summed E-state index contributed by atoms with van der Waals surface area (Å²) in [6.45, 7) is 0.753. The predicted molar refractivity (Wildman–Crippen MR) is 80.8 cm³/mol. The van der Waals surface area contributed by atoms with Gasteiger partial charge in [0.25, 0.3) is 0 Å². The Hall–Kier alpha value is -0.190. The molecule has 0 aromatic carbocycles. The van der Waals surface area contributed by atoms with Crippen molar-refractivity contribution in [2.24, 2.45) is 5.92 Å². The lowest BCUT2D eigenvalue weighted by Gasteiger charge is -2.43. The van der Waals surface area contributed by atoms with E-state index in [1.54, 1.807) is 11.3 Å². The fraction of sp³-hybridized carbons (Fsp3) is 0.667. The molecule has 1 saturated heterocycles. The van der Waals surface area contributed by atoms with E-state index in [4.69, 9.17) is 4.74 Å². The topological polar surface area (TPSA) is 26.3 Å². The van der Waals surface area contributed by atoms with Gasteiger partial charge in [-0.2, -0.15) is 0 Å². The summed E-state index contributed by atoms with van der Waals surface area (Å²) in [5.41, 5.74) is 0.0192. The molecular weight excluding hydrogens is 324 g/mol. The van der Waals surface area contributed by atoms with E-state index < -0.39 is 0 Å². The first kappa shape index (κ1) is 13.8. The summed E-state index contributed by atoms with van der Waals surface area (Å²) in [6.07, 6.45) is 7.94. The first-order chi connectivity index (χ1) is 9.19. The van der Waals surface area contributed by atoms with E-state index in [0.29, 0.717) is 5.78 Å². The molecule has 0 bridgehead atoms. The third-order valence-corrected chi connectivity index (χ3v) is 6.14. The molecule has 4 heteroatoms. The number of carbonyl (C=O) groups is 1. The monoisotopic (exact) mass is 342 g/mol. The van der Waals surface area contributed by atoms with Crippen molar-refractivity contribution >= 4 is 33.0 Å². The molecule has 1 aromatic rings. The minimum absolute atomic E-state index is 0.0192. The SMILES string of the molecule is O=C(c1cc(Br)cs1)C1CCOC2(CCCCC2)C1. The Morgan fingerprint density at radius 2 is 2.16 bits per heavy atom.